The van der Waals surface area contributed by atoms with Gasteiger partial charge < -0.3 is 30.3 Å². The summed E-state index contributed by atoms with van der Waals surface area (Å²) in [5.41, 5.74) is -0.818. The summed E-state index contributed by atoms with van der Waals surface area (Å²) >= 11 is 0. The van der Waals surface area contributed by atoms with E-state index in [9.17, 15) is 14.7 Å². The first-order valence-corrected chi connectivity index (χ1v) is 22.3. The maximum atomic E-state index is 15.3. The van der Waals surface area contributed by atoms with Gasteiger partial charge in [-0.15, -0.1) is 0 Å². The molecule has 0 aliphatic carbocycles. The summed E-state index contributed by atoms with van der Waals surface area (Å²) < 4.78 is 6.77. The fraction of sp³-hybridized carbons (Fsp3) is 0.528. The molecule has 0 radical (unpaired) electrons. The molecule has 10 heterocycles. The number of aliphatic hydroxyl groups is 1. The molecule has 13 nitrogen and oxygen atoms in total. The molecule has 4 amide bonds. The third-order valence-electron chi connectivity index (χ3n) is 13.4. The Morgan fingerprint density at radius 1 is 0.717 bits per heavy atom. The number of esters is 1. The zero-order valence-corrected chi connectivity index (χ0v) is 32.8. The lowest BCUT2D eigenvalue weighted by Gasteiger charge is -2.59. The summed E-state index contributed by atoms with van der Waals surface area (Å²) in [7, 11) is 8.25. The summed E-state index contributed by atoms with van der Waals surface area (Å²) in [6.07, 6.45) is -3.94. The van der Waals surface area contributed by atoms with E-state index in [0.717, 1.165) is 0 Å². The number of nitrogens with one attached hydrogen (secondary N) is 2. The number of ether oxygens (including phenoxy) is 1. The molecule has 17 heteroatoms. The van der Waals surface area contributed by atoms with Gasteiger partial charge in [0.05, 0.1) is 10.8 Å². The van der Waals surface area contributed by atoms with Gasteiger partial charge in [0, 0.05) is 31.9 Å². The van der Waals surface area contributed by atoms with E-state index in [-0.39, 0.29) is 24.1 Å². The predicted molar refractivity (Wildman–Crippen MR) is 203 cm³/mol. The summed E-state index contributed by atoms with van der Waals surface area (Å²) in [5.74, 6) is -1.98. The average Bonchev–Trinajstić information content (AvgIpc) is 3.82. The number of para-hydroxylation sites is 2. The summed E-state index contributed by atoms with van der Waals surface area (Å²) in [4.78, 5) is 74.9. The van der Waals surface area contributed by atoms with E-state index in [1.807, 2.05) is 69.3 Å². The standard InChI is InChI=1S/C36H38N6O7S4/c1-6-13-22(43)49-24-34(19-15-10-12-17-21(19)38-26(34)42-28(46)32(8-3)40(5)30(48)36(24,42)53-51-32)33-18-14-9-11-16-20(18)37-25(33)41-27(45)31(7-2)39(4)29(47)35(41,23(33)44)52-50-31/h9-12,14-17,23-26,37-38,44H,6-8,13H2,1-5H3/t23-,24-,25+,26+,31-,32-,33+,34?,35-,36-/m0/s1. The highest BCUT2D eigenvalue weighted by Crippen LogP contribution is 2.79. The van der Waals surface area contributed by atoms with Gasteiger partial charge in [-0.05, 0) is 64.1 Å². The van der Waals surface area contributed by atoms with E-state index in [4.69, 9.17) is 4.74 Å². The van der Waals surface area contributed by atoms with Crippen LogP contribution < -0.4 is 10.6 Å². The zero-order valence-electron chi connectivity index (χ0n) is 29.6. The van der Waals surface area contributed by atoms with Gasteiger partial charge in [0.1, 0.15) is 18.4 Å². The van der Waals surface area contributed by atoms with Gasteiger partial charge in [0.2, 0.25) is 9.74 Å². The van der Waals surface area contributed by atoms with E-state index >= 15 is 14.4 Å². The molecular weight excluding hydrogens is 757 g/mol. The van der Waals surface area contributed by atoms with E-state index in [0.29, 0.717) is 41.8 Å². The normalized spacial score (nSPS) is 42.2. The van der Waals surface area contributed by atoms with E-state index in [1.165, 1.54) is 53.0 Å². The van der Waals surface area contributed by atoms with E-state index < -0.39 is 66.7 Å². The minimum atomic E-state index is -1.80. The lowest BCUT2D eigenvalue weighted by Crippen LogP contribution is -2.78. The molecule has 4 bridgehead atoms. The number of amides is 4. The fourth-order valence-electron chi connectivity index (χ4n) is 11.1. The Labute approximate surface area is 321 Å². The molecule has 0 aromatic heterocycles. The van der Waals surface area contributed by atoms with Crippen LogP contribution in [-0.4, -0.2) is 112 Å². The highest BCUT2D eigenvalue weighted by Gasteiger charge is 2.94. The van der Waals surface area contributed by atoms with Crippen LogP contribution in [0.5, 0.6) is 0 Å². The van der Waals surface area contributed by atoms with Crippen molar-refractivity contribution < 1.29 is 33.8 Å². The smallest absolute Gasteiger partial charge is 0.306 e. The number of carbonyl (C=O) groups excluding carboxylic acids is 5. The lowest BCUT2D eigenvalue weighted by atomic mass is 9.52. The first-order valence-electron chi connectivity index (χ1n) is 18.0. The van der Waals surface area contributed by atoms with Crippen LogP contribution in [-0.2, 0) is 39.5 Å². The maximum Gasteiger partial charge on any atom is 0.306 e. The second kappa shape index (κ2) is 10.5. The van der Waals surface area contributed by atoms with Crippen LogP contribution in [0.1, 0.15) is 57.6 Å². The molecular formula is C36H38N6O7S4. The minimum absolute atomic E-state index is 0.0498. The molecule has 2 spiro atoms. The average molecular weight is 795 g/mol. The topological polar surface area (TPSA) is 152 Å². The van der Waals surface area contributed by atoms with Crippen LogP contribution in [0.3, 0.4) is 0 Å². The number of aliphatic hydroxyl groups excluding tert-OH is 1. The van der Waals surface area contributed by atoms with Crippen molar-refractivity contribution in [3.8, 4) is 0 Å². The van der Waals surface area contributed by atoms with Crippen LogP contribution in [0.2, 0.25) is 0 Å². The molecule has 12 rings (SSSR count). The third-order valence-corrected chi connectivity index (χ3v) is 20.9. The molecule has 2 aromatic carbocycles. The number of carbonyl (C=O) groups is 5. The fourth-order valence-corrected chi connectivity index (χ4v) is 19.0. The van der Waals surface area contributed by atoms with Crippen molar-refractivity contribution in [2.45, 2.75) is 101 Å². The van der Waals surface area contributed by atoms with Gasteiger partial charge in [0.15, 0.2) is 15.8 Å². The molecule has 8 fully saturated rings. The molecule has 3 N–H and O–H groups in total. The number of benzene rings is 2. The van der Waals surface area contributed by atoms with E-state index in [1.54, 1.807) is 23.9 Å². The summed E-state index contributed by atoms with van der Waals surface area (Å²) in [6, 6.07) is 15.0. The first kappa shape index (κ1) is 34.3. The van der Waals surface area contributed by atoms with Crippen LogP contribution >= 0.6 is 43.2 Å². The molecule has 2 aromatic rings. The second-order valence-electron chi connectivity index (χ2n) is 15.0. The quantitative estimate of drug-likeness (QED) is 0.290. The number of rotatable bonds is 6. The Morgan fingerprint density at radius 2 is 1.19 bits per heavy atom. The SMILES string of the molecule is CCCC(=O)O[C@H]1C2([C@@]34c5ccccc5N[C@@H]3N3C(=O)[C@]5(CC)SS[C@]3(C(=O)N5C)[C@H]4O)c3ccccc3N[C@@H]2N2C(=O)[C@]3(CC)SS[C@]12C(=O)N3C. The number of piperazine rings is 2. The Bertz CT molecular complexity index is 2100. The first-order chi connectivity index (χ1) is 25.4. The zero-order chi connectivity index (χ0) is 37.2. The maximum absolute atomic E-state index is 15.3. The number of nitrogens with zero attached hydrogens (tertiary/aromatic N) is 4. The van der Waals surface area contributed by atoms with Gasteiger partial charge in [-0.25, -0.2) is 0 Å². The molecule has 8 saturated heterocycles. The Morgan fingerprint density at radius 3 is 1.74 bits per heavy atom. The molecule has 1 unspecified atom stereocenters. The molecule has 278 valence electrons. The van der Waals surface area contributed by atoms with Crippen LogP contribution in [0.25, 0.3) is 0 Å². The molecule has 10 aliphatic heterocycles. The van der Waals surface area contributed by atoms with Crippen molar-refractivity contribution in [1.82, 2.24) is 19.6 Å². The number of hydrogen-bond donors (Lipinski definition) is 3. The van der Waals surface area contributed by atoms with Crippen molar-refractivity contribution in [3.63, 3.8) is 0 Å². The number of fused-ring (bicyclic) bond motifs is 11. The Balaban J connectivity index is 1.36. The van der Waals surface area contributed by atoms with Crippen molar-refractivity contribution in [2.75, 3.05) is 24.7 Å². The molecule has 53 heavy (non-hydrogen) atoms. The predicted octanol–water partition coefficient (Wildman–Crippen LogP) is 3.46. The number of anilines is 2. The number of hydrogen-bond acceptors (Lipinski definition) is 13. The number of likely N-dealkylation sites (N-methyl/N-ethyl adjacent to an activating group) is 2. The molecule has 10 atom stereocenters. The van der Waals surface area contributed by atoms with Crippen molar-refractivity contribution in [2.24, 2.45) is 0 Å². The highest BCUT2D eigenvalue weighted by atomic mass is 33.1. The largest absolute Gasteiger partial charge is 0.457 e. The summed E-state index contributed by atoms with van der Waals surface area (Å²) in [5, 5.41) is 20.9. The van der Waals surface area contributed by atoms with E-state index in [2.05, 4.69) is 10.6 Å². The molecule has 0 saturated carbocycles. The third kappa shape index (κ3) is 3.19. The lowest BCUT2D eigenvalue weighted by molar-refractivity contribution is -0.173. The van der Waals surface area contributed by atoms with Gasteiger partial charge in [0.25, 0.3) is 23.6 Å². The monoisotopic (exact) mass is 794 g/mol. The van der Waals surface area contributed by atoms with Gasteiger partial charge in [-0.2, -0.15) is 0 Å². The van der Waals surface area contributed by atoms with Crippen LogP contribution in [0, 0.1) is 0 Å². The van der Waals surface area contributed by atoms with Crippen molar-refractivity contribution in [1.29, 1.82) is 0 Å². The van der Waals surface area contributed by atoms with Crippen molar-refractivity contribution in [3.05, 3.63) is 59.7 Å². The van der Waals surface area contributed by atoms with Crippen molar-refractivity contribution >= 4 is 84.1 Å². The van der Waals surface area contributed by atoms with Crippen LogP contribution in [0.4, 0.5) is 11.4 Å². The van der Waals surface area contributed by atoms with Gasteiger partial charge in [-0.1, -0.05) is 78.8 Å². The Kier molecular flexibility index (Phi) is 6.80. The Hall–Kier alpha value is -3.25. The highest BCUT2D eigenvalue weighted by molar-refractivity contribution is 8.78. The summed E-state index contributed by atoms with van der Waals surface area (Å²) in [6.45, 7) is 5.61. The van der Waals surface area contributed by atoms with Gasteiger partial charge in [-0.3, -0.25) is 33.8 Å². The second-order valence-corrected chi connectivity index (χ2v) is 20.3. The van der Waals surface area contributed by atoms with Gasteiger partial charge >= 0.3 is 5.97 Å². The van der Waals surface area contributed by atoms with Crippen LogP contribution in [0.15, 0.2) is 48.5 Å². The minimum Gasteiger partial charge on any atom is -0.457 e. The molecule has 10 aliphatic rings.